The van der Waals surface area contributed by atoms with E-state index in [0.29, 0.717) is 11.5 Å². The van der Waals surface area contributed by atoms with E-state index in [9.17, 15) is 4.79 Å². The molecule has 3 aromatic rings. The molecule has 1 aliphatic heterocycles. The fraction of sp³-hybridized carbons (Fsp3) is 0.190. The molecular formula is C21H21N5O2. The highest BCUT2D eigenvalue weighted by atomic mass is 16.5. The number of aromatic nitrogens is 3. The molecule has 28 heavy (non-hydrogen) atoms. The number of amides is 1. The zero-order valence-corrected chi connectivity index (χ0v) is 15.9. The number of benzene rings is 2. The molecule has 1 atom stereocenters. The van der Waals surface area contributed by atoms with Crippen LogP contribution < -0.4 is 15.4 Å². The highest BCUT2D eigenvalue weighted by Gasteiger charge is 2.33. The van der Waals surface area contributed by atoms with E-state index >= 15 is 0 Å². The first-order valence-corrected chi connectivity index (χ1v) is 8.96. The van der Waals surface area contributed by atoms with Crippen molar-refractivity contribution in [2.45, 2.75) is 19.9 Å². The van der Waals surface area contributed by atoms with Crippen LogP contribution in [0.5, 0.6) is 5.75 Å². The summed E-state index contributed by atoms with van der Waals surface area (Å²) < 4.78 is 6.98. The number of methoxy groups -OCH3 is 1. The van der Waals surface area contributed by atoms with E-state index in [0.717, 1.165) is 28.3 Å². The molecule has 1 unspecified atom stereocenters. The van der Waals surface area contributed by atoms with Gasteiger partial charge in [0.1, 0.15) is 18.1 Å². The first-order chi connectivity index (χ1) is 13.6. The average Bonchev–Trinajstić information content (AvgIpc) is 3.16. The molecule has 7 heteroatoms. The van der Waals surface area contributed by atoms with Crippen LogP contribution in [0.3, 0.4) is 0 Å². The summed E-state index contributed by atoms with van der Waals surface area (Å²) in [6.45, 7) is 3.84. The number of ether oxygens (including phenoxy) is 1. The third kappa shape index (κ3) is 3.11. The smallest absolute Gasteiger partial charge is 0.255 e. The molecule has 7 nitrogen and oxygen atoms in total. The fourth-order valence-corrected chi connectivity index (χ4v) is 3.38. The van der Waals surface area contributed by atoms with Crippen LogP contribution in [0.4, 0.5) is 11.6 Å². The van der Waals surface area contributed by atoms with Crippen LogP contribution in [-0.4, -0.2) is 27.8 Å². The maximum absolute atomic E-state index is 13.3. The average molecular weight is 375 g/mol. The first-order valence-electron chi connectivity index (χ1n) is 8.96. The van der Waals surface area contributed by atoms with Gasteiger partial charge in [0.2, 0.25) is 5.95 Å². The van der Waals surface area contributed by atoms with Crippen molar-refractivity contribution in [3.8, 4) is 5.75 Å². The molecule has 2 N–H and O–H groups in total. The molecule has 1 amide bonds. The number of allylic oxidation sites excluding steroid dienone is 1. The lowest BCUT2D eigenvalue weighted by molar-refractivity contribution is -0.113. The molecule has 2 aromatic carbocycles. The Hall–Kier alpha value is -3.61. The van der Waals surface area contributed by atoms with Gasteiger partial charge in [-0.15, -0.1) is 0 Å². The van der Waals surface area contributed by atoms with Gasteiger partial charge in [-0.25, -0.2) is 4.68 Å². The van der Waals surface area contributed by atoms with Gasteiger partial charge >= 0.3 is 0 Å². The van der Waals surface area contributed by atoms with Gasteiger partial charge in [0.05, 0.1) is 12.7 Å². The zero-order valence-electron chi connectivity index (χ0n) is 15.9. The maximum Gasteiger partial charge on any atom is 0.255 e. The van der Waals surface area contributed by atoms with E-state index in [1.165, 1.54) is 6.33 Å². The predicted octanol–water partition coefficient (Wildman–Crippen LogP) is 3.52. The Labute approximate surface area is 163 Å². The van der Waals surface area contributed by atoms with Crippen LogP contribution in [0.15, 0.2) is 66.1 Å². The molecule has 0 saturated heterocycles. The minimum absolute atomic E-state index is 0.179. The largest absolute Gasteiger partial charge is 0.497 e. The molecule has 4 rings (SSSR count). The standard InChI is InChI=1S/C21H21N5O2/c1-13-6-4-5-7-17(13)25-20(27)18-14(2)24-21-22-12-23-26(21)19(18)15-8-10-16(28-3)11-9-15/h4-12,19H,1-3H3,(H,25,27)(H,22,23,24). The number of rotatable bonds is 4. The molecule has 2 heterocycles. The Morgan fingerprint density at radius 1 is 1.14 bits per heavy atom. The van der Waals surface area contributed by atoms with E-state index < -0.39 is 6.04 Å². The molecule has 0 spiro atoms. The second-order valence-corrected chi connectivity index (χ2v) is 6.64. The molecule has 0 saturated carbocycles. The summed E-state index contributed by atoms with van der Waals surface area (Å²) in [6.07, 6.45) is 1.48. The summed E-state index contributed by atoms with van der Waals surface area (Å²) in [6, 6.07) is 14.9. The molecule has 0 aliphatic carbocycles. The van der Waals surface area contributed by atoms with Crippen molar-refractivity contribution in [3.05, 3.63) is 77.3 Å². The van der Waals surface area contributed by atoms with E-state index in [2.05, 4.69) is 20.7 Å². The molecule has 0 radical (unpaired) electrons. The van der Waals surface area contributed by atoms with Gasteiger partial charge in [-0.2, -0.15) is 10.1 Å². The lowest BCUT2D eigenvalue weighted by Crippen LogP contribution is -2.31. The van der Waals surface area contributed by atoms with Crippen molar-refractivity contribution in [1.29, 1.82) is 0 Å². The van der Waals surface area contributed by atoms with Gasteiger partial charge in [0.15, 0.2) is 0 Å². The van der Waals surface area contributed by atoms with Gasteiger partial charge in [-0.05, 0) is 43.2 Å². The number of hydrogen-bond donors (Lipinski definition) is 2. The highest BCUT2D eigenvalue weighted by molar-refractivity contribution is 6.06. The molecule has 1 aromatic heterocycles. The maximum atomic E-state index is 13.3. The molecule has 0 bridgehead atoms. The van der Waals surface area contributed by atoms with Gasteiger partial charge in [-0.3, -0.25) is 4.79 Å². The molecule has 142 valence electrons. The van der Waals surface area contributed by atoms with Crippen molar-refractivity contribution in [3.63, 3.8) is 0 Å². The third-order valence-electron chi connectivity index (χ3n) is 4.86. The number of carbonyl (C=O) groups excluding carboxylic acids is 1. The van der Waals surface area contributed by atoms with Gasteiger partial charge in [-0.1, -0.05) is 30.3 Å². The van der Waals surface area contributed by atoms with Crippen LogP contribution >= 0.6 is 0 Å². The van der Waals surface area contributed by atoms with Crippen molar-refractivity contribution >= 4 is 17.5 Å². The fourth-order valence-electron chi connectivity index (χ4n) is 3.38. The Balaban J connectivity index is 1.76. The van der Waals surface area contributed by atoms with Gasteiger partial charge < -0.3 is 15.4 Å². The lowest BCUT2D eigenvalue weighted by Gasteiger charge is -2.29. The number of aryl methyl sites for hydroxylation is 1. The summed E-state index contributed by atoms with van der Waals surface area (Å²) in [5, 5.41) is 10.6. The number of nitrogens with one attached hydrogen (secondary N) is 2. The number of fused-ring (bicyclic) bond motifs is 1. The Kier molecular flexibility index (Phi) is 4.57. The van der Waals surface area contributed by atoms with Crippen LogP contribution in [0.1, 0.15) is 24.1 Å². The second kappa shape index (κ2) is 7.19. The minimum atomic E-state index is -0.395. The van der Waals surface area contributed by atoms with Crippen molar-refractivity contribution in [2.24, 2.45) is 0 Å². The number of para-hydroxylation sites is 1. The minimum Gasteiger partial charge on any atom is -0.497 e. The summed E-state index contributed by atoms with van der Waals surface area (Å²) in [7, 11) is 1.63. The summed E-state index contributed by atoms with van der Waals surface area (Å²) in [5.74, 6) is 1.18. The van der Waals surface area contributed by atoms with E-state index in [1.807, 2.05) is 62.4 Å². The summed E-state index contributed by atoms with van der Waals surface area (Å²) >= 11 is 0. The van der Waals surface area contributed by atoms with Crippen LogP contribution in [0, 0.1) is 6.92 Å². The van der Waals surface area contributed by atoms with Gasteiger partial charge in [0.25, 0.3) is 5.91 Å². The number of anilines is 2. The Morgan fingerprint density at radius 2 is 1.89 bits per heavy atom. The van der Waals surface area contributed by atoms with E-state index in [-0.39, 0.29) is 5.91 Å². The SMILES string of the molecule is COc1ccc(C2C(C(=O)Nc3ccccc3C)=C(C)Nc3ncnn32)cc1. The first kappa shape index (κ1) is 17.8. The predicted molar refractivity (Wildman–Crippen MR) is 107 cm³/mol. The molecule has 1 aliphatic rings. The topological polar surface area (TPSA) is 81.1 Å². The van der Waals surface area contributed by atoms with Crippen LogP contribution in [-0.2, 0) is 4.79 Å². The Bertz CT molecular complexity index is 1050. The normalized spacial score (nSPS) is 15.6. The quantitative estimate of drug-likeness (QED) is 0.729. The van der Waals surface area contributed by atoms with Crippen LogP contribution in [0.25, 0.3) is 0 Å². The lowest BCUT2D eigenvalue weighted by atomic mass is 9.95. The number of nitrogens with zero attached hydrogens (tertiary/aromatic N) is 3. The van der Waals surface area contributed by atoms with E-state index in [4.69, 9.17) is 4.74 Å². The zero-order chi connectivity index (χ0) is 19.7. The summed E-state index contributed by atoms with van der Waals surface area (Å²) in [5.41, 5.74) is 4.04. The summed E-state index contributed by atoms with van der Waals surface area (Å²) in [4.78, 5) is 17.5. The molecular weight excluding hydrogens is 354 g/mol. The van der Waals surface area contributed by atoms with Crippen molar-refractivity contribution in [1.82, 2.24) is 14.8 Å². The number of carbonyl (C=O) groups is 1. The van der Waals surface area contributed by atoms with Crippen LogP contribution in [0.2, 0.25) is 0 Å². The van der Waals surface area contributed by atoms with Crippen molar-refractivity contribution < 1.29 is 9.53 Å². The third-order valence-corrected chi connectivity index (χ3v) is 4.86. The Morgan fingerprint density at radius 3 is 2.61 bits per heavy atom. The van der Waals surface area contributed by atoms with E-state index in [1.54, 1.807) is 11.8 Å². The van der Waals surface area contributed by atoms with Crippen molar-refractivity contribution in [2.75, 3.05) is 17.7 Å². The van der Waals surface area contributed by atoms with Gasteiger partial charge in [0, 0.05) is 11.4 Å². The second-order valence-electron chi connectivity index (χ2n) is 6.64. The molecule has 0 fully saturated rings. The highest BCUT2D eigenvalue weighted by Crippen LogP contribution is 2.35. The number of hydrogen-bond acceptors (Lipinski definition) is 5. The monoisotopic (exact) mass is 375 g/mol.